The molecule has 0 spiro atoms. The Labute approximate surface area is 116 Å². The van der Waals surface area contributed by atoms with Crippen LogP contribution in [0.15, 0.2) is 11.0 Å². The van der Waals surface area contributed by atoms with Crippen LogP contribution in [-0.2, 0) is 0 Å². The topological polar surface area (TPSA) is 57.8 Å². The Bertz CT molecular complexity index is 457. The zero-order valence-corrected chi connectivity index (χ0v) is 12.0. The lowest BCUT2D eigenvalue weighted by Gasteiger charge is -2.36. The van der Waals surface area contributed by atoms with Gasteiger partial charge in [0.1, 0.15) is 5.02 Å². The lowest BCUT2D eigenvalue weighted by atomic mass is 9.88. The highest BCUT2D eigenvalue weighted by Crippen LogP contribution is 2.38. The van der Waals surface area contributed by atoms with Gasteiger partial charge in [0, 0.05) is 11.3 Å². The number of H-pyrrole nitrogens is 1. The zero-order chi connectivity index (χ0) is 13.0. The monoisotopic (exact) mass is 287 g/mol. The number of hydrogen-bond donors (Lipinski definition) is 2. The van der Waals surface area contributed by atoms with Crippen molar-refractivity contribution in [2.24, 2.45) is 0 Å². The van der Waals surface area contributed by atoms with Crippen molar-refractivity contribution < 1.29 is 0 Å². The van der Waals surface area contributed by atoms with Gasteiger partial charge in [0.15, 0.2) is 0 Å². The highest BCUT2D eigenvalue weighted by molar-refractivity contribution is 8.00. The maximum atomic E-state index is 11.3. The maximum Gasteiger partial charge on any atom is 0.285 e. The minimum absolute atomic E-state index is 0.192. The van der Waals surface area contributed by atoms with Gasteiger partial charge < -0.3 is 5.32 Å². The third-order valence-electron chi connectivity index (χ3n) is 3.59. The van der Waals surface area contributed by atoms with Crippen molar-refractivity contribution in [2.45, 2.75) is 36.9 Å². The number of rotatable bonds is 4. The van der Waals surface area contributed by atoms with Crippen molar-refractivity contribution in [3.8, 4) is 0 Å². The lowest BCUT2D eigenvalue weighted by molar-refractivity contribution is 0.411. The van der Waals surface area contributed by atoms with Gasteiger partial charge in [-0.2, -0.15) is 16.9 Å². The number of halogens is 1. The van der Waals surface area contributed by atoms with E-state index in [1.165, 1.54) is 32.1 Å². The second-order valence-corrected chi connectivity index (χ2v) is 6.38. The highest BCUT2D eigenvalue weighted by atomic mass is 35.5. The molecule has 6 heteroatoms. The van der Waals surface area contributed by atoms with E-state index in [0.717, 1.165) is 6.54 Å². The van der Waals surface area contributed by atoms with E-state index in [9.17, 15) is 4.79 Å². The van der Waals surface area contributed by atoms with E-state index in [0.29, 0.717) is 5.69 Å². The van der Waals surface area contributed by atoms with Gasteiger partial charge in [-0.25, -0.2) is 5.10 Å². The summed E-state index contributed by atoms with van der Waals surface area (Å²) in [6.45, 7) is 0.832. The normalized spacial score (nSPS) is 18.6. The summed E-state index contributed by atoms with van der Waals surface area (Å²) in [5.41, 5.74) is 0.280. The summed E-state index contributed by atoms with van der Waals surface area (Å²) in [6, 6.07) is 0. The Balaban J connectivity index is 2.05. The van der Waals surface area contributed by atoms with Gasteiger partial charge in [0.2, 0.25) is 0 Å². The Morgan fingerprint density at radius 3 is 2.89 bits per heavy atom. The molecule has 1 saturated carbocycles. The van der Waals surface area contributed by atoms with Crippen LogP contribution in [0.25, 0.3) is 0 Å². The van der Waals surface area contributed by atoms with E-state index < -0.39 is 0 Å². The maximum absolute atomic E-state index is 11.3. The summed E-state index contributed by atoms with van der Waals surface area (Å²) < 4.78 is 0.268. The first-order valence-corrected chi connectivity index (χ1v) is 7.79. The van der Waals surface area contributed by atoms with Crippen LogP contribution in [0.5, 0.6) is 0 Å². The minimum Gasteiger partial charge on any atom is -0.381 e. The Kier molecular flexibility index (Phi) is 4.56. The molecular formula is C12H18ClN3OS. The van der Waals surface area contributed by atoms with Crippen molar-refractivity contribution in [3.05, 3.63) is 21.6 Å². The number of aromatic nitrogens is 2. The van der Waals surface area contributed by atoms with Crippen LogP contribution >= 0.6 is 23.4 Å². The predicted molar refractivity (Wildman–Crippen MR) is 77.7 cm³/mol. The van der Waals surface area contributed by atoms with Gasteiger partial charge >= 0.3 is 0 Å². The molecule has 0 atom stereocenters. The molecule has 2 N–H and O–H groups in total. The van der Waals surface area contributed by atoms with Crippen molar-refractivity contribution in [1.29, 1.82) is 0 Å². The van der Waals surface area contributed by atoms with Gasteiger partial charge in [-0.3, -0.25) is 4.79 Å². The van der Waals surface area contributed by atoms with E-state index in [1.54, 1.807) is 6.20 Å². The lowest BCUT2D eigenvalue weighted by Crippen LogP contribution is -2.35. The molecule has 0 saturated heterocycles. The van der Waals surface area contributed by atoms with Crippen LogP contribution < -0.4 is 10.9 Å². The molecule has 0 amide bonds. The first-order valence-electron chi connectivity index (χ1n) is 6.19. The van der Waals surface area contributed by atoms with E-state index >= 15 is 0 Å². The second-order valence-electron chi connectivity index (χ2n) is 4.73. The molecular weight excluding hydrogens is 270 g/mol. The van der Waals surface area contributed by atoms with Gasteiger partial charge in [-0.1, -0.05) is 30.9 Å². The van der Waals surface area contributed by atoms with Crippen LogP contribution in [0.4, 0.5) is 5.69 Å². The average molecular weight is 288 g/mol. The number of nitrogens with zero attached hydrogens (tertiary/aromatic N) is 1. The van der Waals surface area contributed by atoms with Gasteiger partial charge in [-0.05, 0) is 19.1 Å². The molecule has 1 fully saturated rings. The molecule has 1 aromatic heterocycles. The van der Waals surface area contributed by atoms with Crippen LogP contribution in [0.1, 0.15) is 32.1 Å². The molecule has 1 heterocycles. The molecule has 1 aliphatic carbocycles. The molecule has 0 aromatic carbocycles. The Morgan fingerprint density at radius 2 is 2.22 bits per heavy atom. The van der Waals surface area contributed by atoms with Gasteiger partial charge in [-0.15, -0.1) is 0 Å². The van der Waals surface area contributed by atoms with Crippen LogP contribution in [-0.4, -0.2) is 27.7 Å². The molecule has 2 rings (SSSR count). The van der Waals surface area contributed by atoms with Crippen LogP contribution in [0, 0.1) is 0 Å². The van der Waals surface area contributed by atoms with Crippen molar-refractivity contribution >= 4 is 29.1 Å². The third-order valence-corrected chi connectivity index (χ3v) is 5.39. The molecule has 0 aliphatic heterocycles. The molecule has 1 aliphatic rings. The first kappa shape index (κ1) is 13.7. The molecule has 4 nitrogen and oxygen atoms in total. The van der Waals surface area contributed by atoms with Crippen molar-refractivity contribution in [2.75, 3.05) is 18.1 Å². The van der Waals surface area contributed by atoms with Crippen LogP contribution in [0.2, 0.25) is 5.02 Å². The SMILES string of the molecule is CSC1(CNc2cn[nH]c(=O)c2Cl)CCCCC1. The average Bonchev–Trinajstić information content (AvgIpc) is 2.41. The zero-order valence-electron chi connectivity index (χ0n) is 10.5. The van der Waals surface area contributed by atoms with E-state index in [4.69, 9.17) is 11.6 Å². The van der Waals surface area contributed by atoms with E-state index in [1.807, 2.05) is 11.8 Å². The molecule has 0 bridgehead atoms. The Morgan fingerprint density at radius 1 is 1.50 bits per heavy atom. The molecule has 1 aromatic rings. The second kappa shape index (κ2) is 5.97. The molecule has 100 valence electrons. The van der Waals surface area contributed by atoms with Gasteiger partial charge in [0.05, 0.1) is 11.9 Å². The van der Waals surface area contributed by atoms with E-state index in [-0.39, 0.29) is 15.3 Å². The van der Waals surface area contributed by atoms with Gasteiger partial charge in [0.25, 0.3) is 5.56 Å². The summed E-state index contributed by atoms with van der Waals surface area (Å²) in [5, 5.41) is 9.56. The minimum atomic E-state index is -0.344. The number of anilines is 1. The number of nitrogens with one attached hydrogen (secondary N) is 2. The van der Waals surface area contributed by atoms with Crippen molar-refractivity contribution in [1.82, 2.24) is 10.2 Å². The predicted octanol–water partition coefficient (Wildman–Crippen LogP) is 2.90. The van der Waals surface area contributed by atoms with Crippen molar-refractivity contribution in [3.63, 3.8) is 0 Å². The molecule has 18 heavy (non-hydrogen) atoms. The quantitative estimate of drug-likeness (QED) is 0.894. The Hall–Kier alpha value is -0.680. The summed E-state index contributed by atoms with van der Waals surface area (Å²) >= 11 is 7.86. The highest BCUT2D eigenvalue weighted by Gasteiger charge is 2.31. The largest absolute Gasteiger partial charge is 0.381 e. The number of aromatic amines is 1. The standard InChI is InChI=1S/C12H18ClN3OS/c1-18-12(5-3-2-4-6-12)8-14-9-7-15-16-11(17)10(9)13/h7H,2-6,8H2,1H3,(H2,14,16,17). The van der Waals surface area contributed by atoms with Crippen LogP contribution in [0.3, 0.4) is 0 Å². The van der Waals surface area contributed by atoms with E-state index in [2.05, 4.69) is 21.8 Å². The summed E-state index contributed by atoms with van der Waals surface area (Å²) in [4.78, 5) is 11.3. The summed E-state index contributed by atoms with van der Waals surface area (Å²) in [5.74, 6) is 0. The molecule has 0 radical (unpaired) electrons. The fourth-order valence-electron chi connectivity index (χ4n) is 2.41. The fraction of sp³-hybridized carbons (Fsp3) is 0.667. The summed E-state index contributed by atoms with van der Waals surface area (Å²) in [6.07, 6.45) is 10.1. The molecule has 0 unspecified atom stereocenters. The number of hydrogen-bond acceptors (Lipinski definition) is 4. The third kappa shape index (κ3) is 3.01. The summed E-state index contributed by atoms with van der Waals surface area (Å²) in [7, 11) is 0. The first-order chi connectivity index (χ1) is 8.67. The smallest absolute Gasteiger partial charge is 0.285 e. The fourth-order valence-corrected chi connectivity index (χ4v) is 3.48. The number of thioether (sulfide) groups is 1.